The predicted molar refractivity (Wildman–Crippen MR) is 69.3 cm³/mol. The maximum atomic E-state index is 11.5. The van der Waals surface area contributed by atoms with Gasteiger partial charge >= 0.3 is 7.12 Å². The molecule has 104 valence electrons. The molecule has 0 aliphatic rings. The Morgan fingerprint density at radius 1 is 1.22 bits per heavy atom. The summed E-state index contributed by atoms with van der Waals surface area (Å²) in [5.74, 6) is -1.99. The number of rotatable bonds is 10. The van der Waals surface area contributed by atoms with Crippen molar-refractivity contribution in [3.8, 4) is 0 Å². The van der Waals surface area contributed by atoms with Crippen LogP contribution in [-0.2, 0) is 9.59 Å². The van der Waals surface area contributed by atoms with Gasteiger partial charge in [-0.25, -0.2) is 0 Å². The van der Waals surface area contributed by atoms with Gasteiger partial charge in [0, 0.05) is 12.8 Å². The third-order valence-corrected chi connectivity index (χ3v) is 2.63. The zero-order valence-electron chi connectivity index (χ0n) is 10.9. The van der Waals surface area contributed by atoms with Gasteiger partial charge in [-0.3, -0.25) is 9.59 Å². The summed E-state index contributed by atoms with van der Waals surface area (Å²) in [5.41, 5.74) is 4.95. The largest absolute Gasteiger partial charge is 0.475 e. The number of primary amides is 1. The van der Waals surface area contributed by atoms with Crippen molar-refractivity contribution < 1.29 is 19.6 Å². The van der Waals surface area contributed by atoms with Gasteiger partial charge in [-0.05, 0) is 6.42 Å². The van der Waals surface area contributed by atoms with Crippen molar-refractivity contribution in [2.75, 3.05) is 0 Å². The van der Waals surface area contributed by atoms with Gasteiger partial charge in [-0.1, -0.05) is 32.6 Å². The van der Waals surface area contributed by atoms with E-state index in [9.17, 15) is 9.59 Å². The van der Waals surface area contributed by atoms with Crippen LogP contribution >= 0.6 is 0 Å². The van der Waals surface area contributed by atoms with Crippen molar-refractivity contribution in [1.29, 1.82) is 0 Å². The van der Waals surface area contributed by atoms with Crippen molar-refractivity contribution in [2.24, 2.45) is 5.73 Å². The van der Waals surface area contributed by atoms with E-state index >= 15 is 0 Å². The molecule has 1 atom stereocenters. The normalized spacial score (nSPS) is 11.9. The van der Waals surface area contributed by atoms with Crippen LogP contribution in [0.15, 0.2) is 0 Å². The van der Waals surface area contributed by atoms with Crippen LogP contribution in [0, 0.1) is 0 Å². The highest BCUT2D eigenvalue weighted by Gasteiger charge is 2.26. The van der Waals surface area contributed by atoms with E-state index in [4.69, 9.17) is 15.8 Å². The van der Waals surface area contributed by atoms with Crippen LogP contribution in [0.1, 0.15) is 51.9 Å². The van der Waals surface area contributed by atoms with Crippen LogP contribution in [0.2, 0.25) is 0 Å². The minimum Gasteiger partial charge on any atom is -0.426 e. The van der Waals surface area contributed by atoms with Gasteiger partial charge in [0.25, 0.3) is 0 Å². The molecule has 0 fully saturated rings. The maximum Gasteiger partial charge on any atom is 0.475 e. The van der Waals surface area contributed by atoms with Crippen molar-refractivity contribution in [1.82, 2.24) is 5.32 Å². The van der Waals surface area contributed by atoms with E-state index in [1.54, 1.807) is 0 Å². The van der Waals surface area contributed by atoms with E-state index in [0.29, 0.717) is 6.42 Å². The summed E-state index contributed by atoms with van der Waals surface area (Å²) in [6.45, 7) is 2.11. The molecular weight excluding hydrogens is 235 g/mol. The average molecular weight is 258 g/mol. The van der Waals surface area contributed by atoms with Crippen LogP contribution < -0.4 is 11.1 Å². The number of hydrogen-bond acceptors (Lipinski definition) is 4. The lowest BCUT2D eigenvalue weighted by Crippen LogP contribution is -2.48. The zero-order chi connectivity index (χ0) is 14.0. The summed E-state index contributed by atoms with van der Waals surface area (Å²) >= 11 is 0. The summed E-state index contributed by atoms with van der Waals surface area (Å²) < 4.78 is 0. The molecule has 0 aliphatic carbocycles. The lowest BCUT2D eigenvalue weighted by molar-refractivity contribution is -0.122. The van der Waals surface area contributed by atoms with E-state index in [-0.39, 0.29) is 12.3 Å². The van der Waals surface area contributed by atoms with E-state index in [1.807, 2.05) is 0 Å². The van der Waals surface area contributed by atoms with Crippen LogP contribution in [0.3, 0.4) is 0 Å². The number of nitrogens with one attached hydrogen (secondary N) is 1. The quantitative estimate of drug-likeness (QED) is 0.319. The first-order valence-electron chi connectivity index (χ1n) is 6.41. The van der Waals surface area contributed by atoms with Gasteiger partial charge < -0.3 is 21.1 Å². The second-order valence-electron chi connectivity index (χ2n) is 4.42. The van der Waals surface area contributed by atoms with Gasteiger partial charge in [0.2, 0.25) is 11.8 Å². The molecular formula is C11H23BN2O4. The van der Waals surface area contributed by atoms with Crippen molar-refractivity contribution >= 4 is 18.9 Å². The Morgan fingerprint density at radius 2 is 1.83 bits per heavy atom. The first-order valence-corrected chi connectivity index (χ1v) is 6.41. The van der Waals surface area contributed by atoms with Gasteiger partial charge in [0.15, 0.2) is 0 Å². The Kier molecular flexibility index (Phi) is 9.31. The van der Waals surface area contributed by atoms with Gasteiger partial charge in [0.1, 0.15) is 0 Å². The van der Waals surface area contributed by atoms with Crippen LogP contribution in [0.25, 0.3) is 0 Å². The molecule has 6 nitrogen and oxygen atoms in total. The molecule has 7 heteroatoms. The number of carbonyl (C=O) groups is 2. The molecule has 0 saturated heterocycles. The lowest BCUT2D eigenvalue weighted by Gasteiger charge is -2.15. The van der Waals surface area contributed by atoms with Crippen molar-refractivity contribution in [3.63, 3.8) is 0 Å². The number of hydrogen-bond donors (Lipinski definition) is 4. The number of unbranched alkanes of at least 4 members (excludes halogenated alkanes) is 4. The summed E-state index contributed by atoms with van der Waals surface area (Å²) in [4.78, 5) is 22.2. The number of carbonyl (C=O) groups excluding carboxylic acids is 2. The molecule has 0 saturated carbocycles. The Hall–Kier alpha value is -1.08. The Bertz CT molecular complexity index is 261. The number of nitrogens with two attached hydrogens (primary N) is 1. The maximum absolute atomic E-state index is 11.5. The fourth-order valence-electron chi connectivity index (χ4n) is 1.62. The summed E-state index contributed by atoms with van der Waals surface area (Å²) in [6, 6.07) is 0. The van der Waals surface area contributed by atoms with E-state index < -0.39 is 19.0 Å². The van der Waals surface area contributed by atoms with E-state index in [1.165, 1.54) is 0 Å². The van der Waals surface area contributed by atoms with E-state index in [0.717, 1.165) is 32.1 Å². The van der Waals surface area contributed by atoms with Crippen LogP contribution in [-0.4, -0.2) is 34.9 Å². The minimum absolute atomic E-state index is 0.279. The fourth-order valence-corrected chi connectivity index (χ4v) is 1.62. The second-order valence-corrected chi connectivity index (χ2v) is 4.42. The molecule has 0 aromatic rings. The molecule has 0 spiro atoms. The first kappa shape index (κ1) is 16.9. The first-order chi connectivity index (χ1) is 8.47. The molecule has 5 N–H and O–H groups in total. The molecule has 18 heavy (non-hydrogen) atoms. The molecule has 0 aromatic carbocycles. The van der Waals surface area contributed by atoms with Crippen molar-refractivity contribution in [3.05, 3.63) is 0 Å². The molecule has 0 heterocycles. The standard InChI is InChI=1S/C11H23BN2O4/c1-2-3-4-5-6-7-11(16)14-9(12(17)18)8-10(13)15/h9,17-18H,2-8H2,1H3,(H2,13,15)(H,14,16)/t9-/m1/s1. The van der Waals surface area contributed by atoms with Crippen molar-refractivity contribution in [2.45, 2.75) is 57.8 Å². The highest BCUT2D eigenvalue weighted by atomic mass is 16.4. The third-order valence-electron chi connectivity index (χ3n) is 2.63. The molecule has 0 radical (unpaired) electrons. The predicted octanol–water partition coefficient (Wildman–Crippen LogP) is -0.281. The molecule has 2 amide bonds. The third kappa shape index (κ3) is 9.01. The topological polar surface area (TPSA) is 113 Å². The monoisotopic (exact) mass is 258 g/mol. The fraction of sp³-hybridized carbons (Fsp3) is 0.818. The highest BCUT2D eigenvalue weighted by Crippen LogP contribution is 2.05. The number of amides is 2. The summed E-state index contributed by atoms with van der Waals surface area (Å²) in [6.07, 6.45) is 5.17. The van der Waals surface area contributed by atoms with Gasteiger partial charge in [-0.2, -0.15) is 0 Å². The summed E-state index contributed by atoms with van der Waals surface area (Å²) in [5, 5.41) is 20.4. The Labute approximate surface area is 108 Å². The van der Waals surface area contributed by atoms with Crippen LogP contribution in [0.4, 0.5) is 0 Å². The Morgan fingerprint density at radius 3 is 2.33 bits per heavy atom. The molecule has 0 aliphatic heterocycles. The minimum atomic E-state index is -1.78. The molecule has 0 aromatic heterocycles. The molecule has 0 unspecified atom stereocenters. The molecule has 0 rings (SSSR count). The lowest BCUT2D eigenvalue weighted by atomic mass is 9.77. The highest BCUT2D eigenvalue weighted by molar-refractivity contribution is 6.44. The van der Waals surface area contributed by atoms with E-state index in [2.05, 4.69) is 12.2 Å². The smallest absolute Gasteiger partial charge is 0.426 e. The second kappa shape index (κ2) is 9.90. The van der Waals surface area contributed by atoms with Gasteiger partial charge in [-0.15, -0.1) is 0 Å². The zero-order valence-corrected chi connectivity index (χ0v) is 10.9. The van der Waals surface area contributed by atoms with Crippen LogP contribution in [0.5, 0.6) is 0 Å². The molecule has 0 bridgehead atoms. The average Bonchev–Trinajstić information content (AvgIpc) is 2.27. The summed E-state index contributed by atoms with van der Waals surface area (Å²) in [7, 11) is -1.78. The Balaban J connectivity index is 3.84. The van der Waals surface area contributed by atoms with Gasteiger partial charge in [0.05, 0.1) is 5.94 Å². The SMILES string of the molecule is CCCCCCCC(=O)N[C@H](CC(N)=O)B(O)O.